The number of nitrogens with zero attached hydrogens (tertiary/aromatic N) is 2. The van der Waals surface area contributed by atoms with Crippen molar-refractivity contribution in [2.24, 2.45) is 5.92 Å². The minimum Gasteiger partial charge on any atom is -0.478 e. The van der Waals surface area contributed by atoms with E-state index in [0.29, 0.717) is 11.5 Å². The minimum absolute atomic E-state index is 0.196. The second kappa shape index (κ2) is 16.4. The van der Waals surface area contributed by atoms with Crippen LogP contribution in [0.2, 0.25) is 0 Å². The molecule has 0 bridgehead atoms. The number of aromatic nitrogens is 2. The fourth-order valence-corrected chi connectivity index (χ4v) is 5.64. The first-order chi connectivity index (χ1) is 18.1. The van der Waals surface area contributed by atoms with Gasteiger partial charge in [-0.25, -0.2) is 14.8 Å². The molecule has 3 rings (SSSR count). The fourth-order valence-electron chi connectivity index (χ4n) is 5.64. The van der Waals surface area contributed by atoms with Crippen molar-refractivity contribution in [3.8, 4) is 11.4 Å². The fraction of sp³-hybridized carbons (Fsp3) is 0.606. The monoisotopic (exact) mass is 504 g/mol. The van der Waals surface area contributed by atoms with Crippen molar-refractivity contribution in [2.45, 2.75) is 122 Å². The topological polar surface area (TPSA) is 63.1 Å². The minimum atomic E-state index is -0.716. The molecular weight excluding hydrogens is 456 g/mol. The molecule has 4 nitrogen and oxygen atoms in total. The van der Waals surface area contributed by atoms with Gasteiger partial charge in [0.15, 0.2) is 5.82 Å². The summed E-state index contributed by atoms with van der Waals surface area (Å²) < 4.78 is 0. The lowest BCUT2D eigenvalue weighted by atomic mass is 9.75. The molecule has 0 spiro atoms. The maximum Gasteiger partial charge on any atom is 0.331 e. The zero-order chi connectivity index (χ0) is 26.3. The molecule has 1 saturated carbocycles. The van der Waals surface area contributed by atoms with E-state index < -0.39 is 5.97 Å². The van der Waals surface area contributed by atoms with Crippen LogP contribution in [0.25, 0.3) is 11.4 Å². The van der Waals surface area contributed by atoms with Gasteiger partial charge in [0.1, 0.15) is 0 Å². The third-order valence-electron chi connectivity index (χ3n) is 8.00. The average Bonchev–Trinajstić information content (AvgIpc) is 2.93. The first-order valence-corrected chi connectivity index (χ1v) is 15.0. The van der Waals surface area contributed by atoms with Crippen molar-refractivity contribution in [1.29, 1.82) is 0 Å². The molecule has 37 heavy (non-hydrogen) atoms. The van der Waals surface area contributed by atoms with Gasteiger partial charge < -0.3 is 5.11 Å². The zero-order valence-electron chi connectivity index (χ0n) is 23.3. The molecule has 1 aliphatic rings. The van der Waals surface area contributed by atoms with E-state index in [-0.39, 0.29) is 5.92 Å². The third-order valence-corrected chi connectivity index (χ3v) is 8.00. The van der Waals surface area contributed by atoms with E-state index in [1.807, 2.05) is 18.5 Å². The smallest absolute Gasteiger partial charge is 0.331 e. The summed E-state index contributed by atoms with van der Waals surface area (Å²) in [4.78, 5) is 21.2. The van der Waals surface area contributed by atoms with Crippen LogP contribution in [0.3, 0.4) is 0 Å². The van der Waals surface area contributed by atoms with E-state index in [1.54, 1.807) is 0 Å². The van der Waals surface area contributed by atoms with Crippen molar-refractivity contribution in [3.05, 3.63) is 59.4 Å². The number of benzene rings is 1. The van der Waals surface area contributed by atoms with Crippen LogP contribution in [0.15, 0.2) is 48.3 Å². The summed E-state index contributed by atoms with van der Waals surface area (Å²) in [6.45, 7) is 4.46. The summed E-state index contributed by atoms with van der Waals surface area (Å²) in [6.07, 6.45) is 24.5. The number of unbranched alkanes of at least 4 members (excludes halogenated alkanes) is 9. The van der Waals surface area contributed by atoms with Crippen molar-refractivity contribution in [2.75, 3.05) is 0 Å². The normalized spacial score (nSPS) is 18.2. The predicted octanol–water partition coefficient (Wildman–Crippen LogP) is 9.30. The number of allylic oxidation sites excluding steroid dienone is 1. The van der Waals surface area contributed by atoms with E-state index >= 15 is 0 Å². The number of hydrogen-bond acceptors (Lipinski definition) is 3. The summed E-state index contributed by atoms with van der Waals surface area (Å²) in [6, 6.07) is 8.71. The van der Waals surface area contributed by atoms with Gasteiger partial charge in [-0.1, -0.05) is 95.6 Å². The van der Waals surface area contributed by atoms with Crippen molar-refractivity contribution in [1.82, 2.24) is 9.97 Å². The van der Waals surface area contributed by atoms with Crippen molar-refractivity contribution >= 4 is 5.97 Å². The average molecular weight is 505 g/mol. The van der Waals surface area contributed by atoms with Crippen LogP contribution >= 0.6 is 0 Å². The Morgan fingerprint density at radius 2 is 1.43 bits per heavy atom. The van der Waals surface area contributed by atoms with Crippen LogP contribution in [-0.2, 0) is 11.2 Å². The van der Waals surface area contributed by atoms with E-state index in [4.69, 9.17) is 0 Å². The maximum atomic E-state index is 12.0. The first kappa shape index (κ1) is 29.1. The lowest BCUT2D eigenvalue weighted by Crippen LogP contribution is -2.19. The predicted molar refractivity (Wildman–Crippen MR) is 154 cm³/mol. The molecule has 1 heterocycles. The van der Waals surface area contributed by atoms with Crippen LogP contribution in [0.1, 0.15) is 127 Å². The highest BCUT2D eigenvalue weighted by Crippen LogP contribution is 2.39. The maximum absolute atomic E-state index is 12.0. The molecular formula is C33H48N2O2. The molecule has 4 heteroatoms. The highest BCUT2D eigenvalue weighted by Gasteiger charge is 2.27. The van der Waals surface area contributed by atoms with Crippen molar-refractivity contribution in [3.63, 3.8) is 0 Å². The Morgan fingerprint density at radius 1 is 0.838 bits per heavy atom. The van der Waals surface area contributed by atoms with Crippen LogP contribution < -0.4 is 0 Å². The summed E-state index contributed by atoms with van der Waals surface area (Å²) in [7, 11) is 0. The van der Waals surface area contributed by atoms with Gasteiger partial charge in [-0.2, -0.15) is 0 Å². The summed E-state index contributed by atoms with van der Waals surface area (Å²) in [5, 5.41) is 9.84. The molecule has 0 atom stereocenters. The largest absolute Gasteiger partial charge is 0.478 e. The van der Waals surface area contributed by atoms with Crippen LogP contribution in [0, 0.1) is 5.92 Å². The van der Waals surface area contributed by atoms with Crippen LogP contribution in [0.4, 0.5) is 0 Å². The molecule has 1 fully saturated rings. The molecule has 202 valence electrons. The second-order valence-electron chi connectivity index (χ2n) is 10.9. The lowest BCUT2D eigenvalue weighted by molar-refractivity contribution is -0.133. The van der Waals surface area contributed by atoms with E-state index in [1.165, 1.54) is 68.9 Å². The van der Waals surface area contributed by atoms with Gasteiger partial charge >= 0.3 is 5.97 Å². The number of hydrogen-bond donors (Lipinski definition) is 1. The number of carbonyl (C=O) groups is 1. The van der Waals surface area contributed by atoms with Gasteiger partial charge in [0, 0.05) is 23.5 Å². The molecule has 1 aromatic heterocycles. The Labute approximate surface area is 225 Å². The third kappa shape index (κ3) is 9.72. The molecule has 0 amide bonds. The first-order valence-electron chi connectivity index (χ1n) is 15.0. The summed E-state index contributed by atoms with van der Waals surface area (Å²) in [5.41, 5.74) is 4.28. The van der Waals surface area contributed by atoms with Gasteiger partial charge in [-0.05, 0) is 74.3 Å². The summed E-state index contributed by atoms with van der Waals surface area (Å²) in [5.74, 6) is 0.769. The second-order valence-corrected chi connectivity index (χ2v) is 10.9. The molecule has 0 unspecified atom stereocenters. The van der Waals surface area contributed by atoms with Crippen molar-refractivity contribution < 1.29 is 9.90 Å². The van der Waals surface area contributed by atoms with E-state index in [9.17, 15) is 9.90 Å². The lowest BCUT2D eigenvalue weighted by Gasteiger charge is -2.29. The molecule has 1 N–H and O–H groups in total. The SMILES string of the molecule is CCCCCCCCCC=C(C(=O)O)C1CCC(c2ccc(-c3ncc(CCCCC)cn3)cc2)CC1. The van der Waals surface area contributed by atoms with Gasteiger partial charge in [0.05, 0.1) is 0 Å². The van der Waals surface area contributed by atoms with Gasteiger partial charge in [-0.3, -0.25) is 0 Å². The Morgan fingerprint density at radius 3 is 2.05 bits per heavy atom. The number of aryl methyl sites for hydroxylation is 1. The Bertz CT molecular complexity index is 941. The standard InChI is InChI=1S/C33H48N2O2/c1-3-5-7-8-9-10-11-13-15-31(33(36)37)29-20-16-27(17-21-29)28-18-22-30(23-19-28)32-34-24-26(25-35-32)14-12-6-4-2/h15,18-19,22-25,27,29H,3-14,16-17,20-21H2,1-2H3,(H,36,37). The van der Waals surface area contributed by atoms with Crippen LogP contribution in [0.5, 0.6) is 0 Å². The zero-order valence-corrected chi connectivity index (χ0v) is 23.3. The van der Waals surface area contributed by atoms with Gasteiger partial charge in [-0.15, -0.1) is 0 Å². The van der Waals surface area contributed by atoms with E-state index in [2.05, 4.69) is 48.1 Å². The Kier molecular flexibility index (Phi) is 12.9. The molecule has 2 aromatic rings. The van der Waals surface area contributed by atoms with Gasteiger partial charge in [0.2, 0.25) is 0 Å². The Hall–Kier alpha value is -2.49. The molecule has 0 aliphatic heterocycles. The summed E-state index contributed by atoms with van der Waals surface area (Å²) >= 11 is 0. The highest BCUT2D eigenvalue weighted by atomic mass is 16.4. The highest BCUT2D eigenvalue weighted by molar-refractivity contribution is 5.87. The van der Waals surface area contributed by atoms with Gasteiger partial charge in [0.25, 0.3) is 0 Å². The molecule has 0 saturated heterocycles. The number of rotatable bonds is 16. The number of aliphatic carboxylic acids is 1. The quantitative estimate of drug-likeness (QED) is 0.183. The van der Waals surface area contributed by atoms with Crippen LogP contribution in [-0.4, -0.2) is 21.0 Å². The number of carboxylic acid groups (broad SMARTS) is 1. The van der Waals surface area contributed by atoms with E-state index in [0.717, 1.165) is 56.3 Å². The molecule has 1 aliphatic carbocycles. The number of carboxylic acids is 1. The Balaban J connectivity index is 1.46. The molecule has 1 aromatic carbocycles. The molecule has 0 radical (unpaired) electrons.